The van der Waals surface area contributed by atoms with Gasteiger partial charge in [-0.25, -0.2) is 17.6 Å². The van der Waals surface area contributed by atoms with Gasteiger partial charge in [-0.15, -0.1) is 0 Å². The van der Waals surface area contributed by atoms with Gasteiger partial charge in [0, 0.05) is 35.0 Å². The predicted molar refractivity (Wildman–Crippen MR) is 117 cm³/mol. The molecule has 0 saturated heterocycles. The van der Waals surface area contributed by atoms with Crippen LogP contribution in [0.5, 0.6) is 0 Å². The Hall–Kier alpha value is -3.41. The first-order chi connectivity index (χ1) is 15.2. The molecule has 4 rings (SSSR count). The Bertz CT molecular complexity index is 1390. The van der Waals surface area contributed by atoms with Crippen molar-refractivity contribution in [2.75, 3.05) is 0 Å². The van der Waals surface area contributed by atoms with E-state index in [9.17, 15) is 22.4 Å². The zero-order valence-corrected chi connectivity index (χ0v) is 17.7. The zero-order chi connectivity index (χ0) is 23.0. The molecule has 0 aliphatic rings. The van der Waals surface area contributed by atoms with Gasteiger partial charge in [0.1, 0.15) is 23.3 Å². The Kier molecular flexibility index (Phi) is 5.87. The number of aromatic nitrogens is 1. The van der Waals surface area contributed by atoms with Crippen LogP contribution in [0.3, 0.4) is 0 Å². The van der Waals surface area contributed by atoms with E-state index in [4.69, 9.17) is 0 Å². The number of nitrogens with one attached hydrogen (secondary N) is 1. The van der Waals surface area contributed by atoms with E-state index in [0.717, 1.165) is 34.7 Å². The minimum absolute atomic E-state index is 0.0362. The van der Waals surface area contributed by atoms with E-state index in [1.165, 1.54) is 18.2 Å². The molecule has 0 bridgehead atoms. The maximum Gasteiger partial charge on any atom is 0.252 e. The van der Waals surface area contributed by atoms with E-state index in [1.807, 2.05) is 26.0 Å². The van der Waals surface area contributed by atoms with Crippen LogP contribution in [-0.4, -0.2) is 4.98 Å². The summed E-state index contributed by atoms with van der Waals surface area (Å²) in [6.45, 7) is 3.88. The number of hydrogen-bond donors (Lipinski definition) is 1. The molecule has 0 fully saturated rings. The number of H-pyrrole nitrogens is 1. The fourth-order valence-corrected chi connectivity index (χ4v) is 3.98. The Balaban J connectivity index is 1.85. The van der Waals surface area contributed by atoms with Gasteiger partial charge in [0.2, 0.25) is 0 Å². The SMILES string of the molecule is Cc1cc2[nH]c(=O)c(Cc3ccc(F)cc3F)c(CCc3ccc(F)cc3F)c2cc1C. The van der Waals surface area contributed by atoms with Gasteiger partial charge in [-0.3, -0.25) is 4.79 Å². The van der Waals surface area contributed by atoms with Crippen LogP contribution in [0, 0.1) is 37.1 Å². The average Bonchev–Trinajstić information content (AvgIpc) is 2.72. The van der Waals surface area contributed by atoms with Crippen molar-refractivity contribution in [3.8, 4) is 0 Å². The number of aromatic amines is 1. The van der Waals surface area contributed by atoms with Gasteiger partial charge in [0.05, 0.1) is 0 Å². The van der Waals surface area contributed by atoms with Crippen LogP contribution >= 0.6 is 0 Å². The zero-order valence-electron chi connectivity index (χ0n) is 17.7. The largest absolute Gasteiger partial charge is 0.322 e. The summed E-state index contributed by atoms with van der Waals surface area (Å²) < 4.78 is 55.2. The molecule has 4 aromatic rings. The van der Waals surface area contributed by atoms with Crippen molar-refractivity contribution in [2.24, 2.45) is 0 Å². The lowest BCUT2D eigenvalue weighted by Gasteiger charge is -2.15. The molecule has 6 heteroatoms. The van der Waals surface area contributed by atoms with Crippen LogP contribution < -0.4 is 5.56 Å². The van der Waals surface area contributed by atoms with Crippen LogP contribution in [0.2, 0.25) is 0 Å². The van der Waals surface area contributed by atoms with Crippen LogP contribution in [0.4, 0.5) is 17.6 Å². The van der Waals surface area contributed by atoms with Crippen molar-refractivity contribution < 1.29 is 17.6 Å². The smallest absolute Gasteiger partial charge is 0.252 e. The number of hydrogen-bond acceptors (Lipinski definition) is 1. The van der Waals surface area contributed by atoms with Crippen molar-refractivity contribution >= 4 is 10.9 Å². The Morgan fingerprint density at radius 3 is 1.94 bits per heavy atom. The Morgan fingerprint density at radius 2 is 1.31 bits per heavy atom. The average molecular weight is 439 g/mol. The lowest BCUT2D eigenvalue weighted by molar-refractivity contribution is 0.571. The third-order valence-corrected chi connectivity index (χ3v) is 5.89. The van der Waals surface area contributed by atoms with Crippen molar-refractivity contribution in [3.05, 3.63) is 116 Å². The van der Waals surface area contributed by atoms with E-state index in [0.29, 0.717) is 28.6 Å². The minimum atomic E-state index is -0.736. The second kappa shape index (κ2) is 8.61. The fraction of sp³-hybridized carbons (Fsp3) is 0.192. The van der Waals surface area contributed by atoms with E-state index in [1.54, 1.807) is 0 Å². The van der Waals surface area contributed by atoms with Gasteiger partial charge in [-0.1, -0.05) is 12.1 Å². The summed E-state index contributed by atoms with van der Waals surface area (Å²) in [6, 6.07) is 10.5. The maximum absolute atomic E-state index is 14.3. The van der Waals surface area contributed by atoms with Crippen molar-refractivity contribution in [1.82, 2.24) is 4.98 Å². The molecule has 0 amide bonds. The van der Waals surface area contributed by atoms with Gasteiger partial charge in [-0.2, -0.15) is 0 Å². The molecular formula is C26H21F4NO. The molecule has 0 saturated carbocycles. The Labute approximate surface area is 182 Å². The van der Waals surface area contributed by atoms with Gasteiger partial charge in [-0.05, 0) is 78.8 Å². The normalized spacial score (nSPS) is 11.3. The lowest BCUT2D eigenvalue weighted by Crippen LogP contribution is -2.18. The molecule has 2 nitrogen and oxygen atoms in total. The molecule has 0 aliphatic carbocycles. The highest BCUT2D eigenvalue weighted by molar-refractivity contribution is 5.84. The van der Waals surface area contributed by atoms with Crippen LogP contribution in [0.15, 0.2) is 53.3 Å². The minimum Gasteiger partial charge on any atom is -0.322 e. The highest BCUT2D eigenvalue weighted by atomic mass is 19.1. The van der Waals surface area contributed by atoms with E-state index < -0.39 is 23.3 Å². The monoisotopic (exact) mass is 439 g/mol. The maximum atomic E-state index is 14.3. The molecule has 164 valence electrons. The summed E-state index contributed by atoms with van der Waals surface area (Å²) in [7, 11) is 0. The van der Waals surface area contributed by atoms with Crippen molar-refractivity contribution in [2.45, 2.75) is 33.1 Å². The fourth-order valence-electron chi connectivity index (χ4n) is 3.98. The third-order valence-electron chi connectivity index (χ3n) is 5.89. The number of benzene rings is 3. The van der Waals surface area contributed by atoms with Crippen molar-refractivity contribution in [1.29, 1.82) is 0 Å². The summed E-state index contributed by atoms with van der Waals surface area (Å²) in [4.78, 5) is 15.8. The van der Waals surface area contributed by atoms with Gasteiger partial charge >= 0.3 is 0 Å². The summed E-state index contributed by atoms with van der Waals surface area (Å²) >= 11 is 0. The molecule has 1 N–H and O–H groups in total. The molecular weight excluding hydrogens is 418 g/mol. The second-order valence-corrected chi connectivity index (χ2v) is 8.04. The number of rotatable bonds is 5. The van der Waals surface area contributed by atoms with E-state index in [2.05, 4.69) is 4.98 Å². The summed E-state index contributed by atoms with van der Waals surface area (Å²) in [5.41, 5.74) is 3.79. The van der Waals surface area contributed by atoms with Crippen molar-refractivity contribution in [3.63, 3.8) is 0 Å². The van der Waals surface area contributed by atoms with E-state index >= 15 is 0 Å². The first-order valence-electron chi connectivity index (χ1n) is 10.3. The highest BCUT2D eigenvalue weighted by Crippen LogP contribution is 2.26. The molecule has 32 heavy (non-hydrogen) atoms. The van der Waals surface area contributed by atoms with E-state index in [-0.39, 0.29) is 24.0 Å². The van der Waals surface area contributed by atoms with Crippen LogP contribution in [-0.2, 0) is 19.3 Å². The van der Waals surface area contributed by atoms with Crippen LogP contribution in [0.25, 0.3) is 10.9 Å². The first kappa shape index (κ1) is 21.8. The number of aryl methyl sites for hydroxylation is 4. The van der Waals surface area contributed by atoms with Gasteiger partial charge in [0.25, 0.3) is 5.56 Å². The summed E-state index contributed by atoms with van der Waals surface area (Å²) in [6.07, 6.45) is 0.492. The summed E-state index contributed by atoms with van der Waals surface area (Å²) in [5, 5.41) is 0.785. The number of fused-ring (bicyclic) bond motifs is 1. The topological polar surface area (TPSA) is 32.9 Å². The number of pyridine rings is 1. The molecule has 0 aliphatic heterocycles. The third kappa shape index (κ3) is 4.31. The molecule has 1 aromatic heterocycles. The first-order valence-corrected chi connectivity index (χ1v) is 10.3. The highest BCUT2D eigenvalue weighted by Gasteiger charge is 2.17. The summed E-state index contributed by atoms with van der Waals surface area (Å²) in [5.74, 6) is -2.75. The molecule has 0 spiro atoms. The van der Waals surface area contributed by atoms with Crippen LogP contribution in [0.1, 0.15) is 33.4 Å². The predicted octanol–water partition coefficient (Wildman–Crippen LogP) is 6.08. The molecule has 0 radical (unpaired) electrons. The second-order valence-electron chi connectivity index (χ2n) is 8.04. The van der Waals surface area contributed by atoms with Gasteiger partial charge in [0.15, 0.2) is 0 Å². The Morgan fingerprint density at radius 1 is 0.719 bits per heavy atom. The quantitative estimate of drug-likeness (QED) is 0.376. The molecule has 3 aromatic carbocycles. The van der Waals surface area contributed by atoms with Gasteiger partial charge < -0.3 is 4.98 Å². The lowest BCUT2D eigenvalue weighted by atomic mass is 9.91. The molecule has 0 atom stereocenters. The molecule has 0 unspecified atom stereocenters. The molecule has 1 heterocycles. The standard InChI is InChI=1S/C26H21F4NO/c1-14-9-21-20(8-5-16-3-6-18(27)12-23(16)29)22(26(32)31-25(21)10-15(14)2)11-17-4-7-19(28)13-24(17)30/h3-4,6-7,9-10,12-13H,5,8,11H2,1-2H3,(H,31,32). The number of halogens is 4.